The summed E-state index contributed by atoms with van der Waals surface area (Å²) >= 11 is 0. The van der Waals surface area contributed by atoms with Crippen LogP contribution in [-0.2, 0) is 4.74 Å². The van der Waals surface area contributed by atoms with Gasteiger partial charge in [-0.15, -0.1) is 0 Å². The molecule has 0 aromatic carbocycles. The van der Waals surface area contributed by atoms with Gasteiger partial charge >= 0.3 is 0 Å². The molecule has 0 amide bonds. The second kappa shape index (κ2) is 10.4. The van der Waals surface area contributed by atoms with Gasteiger partial charge in [-0.2, -0.15) is 0 Å². The highest BCUT2D eigenvalue weighted by Gasteiger charge is 2.14. The van der Waals surface area contributed by atoms with E-state index in [1.807, 2.05) is 0 Å². The lowest BCUT2D eigenvalue weighted by atomic mass is 10.0. The summed E-state index contributed by atoms with van der Waals surface area (Å²) in [5.41, 5.74) is 0. The Balaban J connectivity index is 3.56. The molecule has 2 heteroatoms. The number of rotatable bonds is 10. The highest BCUT2D eigenvalue weighted by atomic mass is 16.5. The van der Waals surface area contributed by atoms with E-state index in [-0.39, 0.29) is 0 Å². The molecule has 0 fully saturated rings. The van der Waals surface area contributed by atoms with Gasteiger partial charge in [0.2, 0.25) is 0 Å². The fraction of sp³-hybridized carbons (Fsp3) is 1.00. The molecule has 0 aromatic heterocycles. The smallest absolute Gasteiger partial charge is 0.0696 e. The van der Waals surface area contributed by atoms with E-state index in [1.54, 1.807) is 7.11 Å². The van der Waals surface area contributed by atoms with E-state index in [9.17, 15) is 0 Å². The van der Waals surface area contributed by atoms with Crippen LogP contribution in [0.1, 0.15) is 59.3 Å². The van der Waals surface area contributed by atoms with Crippen LogP contribution in [0.15, 0.2) is 0 Å². The first-order valence-corrected chi connectivity index (χ1v) is 6.52. The average Bonchev–Trinajstić information content (AvgIpc) is 2.26. The molecule has 0 rings (SSSR count). The molecule has 2 unspecified atom stereocenters. The minimum atomic E-state index is 0.330. The van der Waals surface area contributed by atoms with Crippen molar-refractivity contribution in [1.82, 2.24) is 5.32 Å². The van der Waals surface area contributed by atoms with Gasteiger partial charge in [0.1, 0.15) is 0 Å². The third-order valence-electron chi connectivity index (χ3n) is 3.02. The van der Waals surface area contributed by atoms with Crippen LogP contribution in [0.25, 0.3) is 0 Å². The van der Waals surface area contributed by atoms with Crippen LogP contribution < -0.4 is 5.32 Å². The zero-order valence-electron chi connectivity index (χ0n) is 11.0. The van der Waals surface area contributed by atoms with Crippen LogP contribution in [0.3, 0.4) is 0 Å². The molecule has 0 aliphatic rings. The monoisotopic (exact) mass is 215 g/mol. The molecule has 0 heterocycles. The molecule has 2 atom stereocenters. The largest absolute Gasteiger partial charge is 0.380 e. The van der Waals surface area contributed by atoms with Crippen molar-refractivity contribution in [3.63, 3.8) is 0 Å². The van der Waals surface area contributed by atoms with Crippen LogP contribution in [0.4, 0.5) is 0 Å². The Morgan fingerprint density at radius 1 is 1.07 bits per heavy atom. The van der Waals surface area contributed by atoms with Gasteiger partial charge in [0.15, 0.2) is 0 Å². The van der Waals surface area contributed by atoms with Crippen LogP contribution >= 0.6 is 0 Å². The molecule has 0 saturated carbocycles. The van der Waals surface area contributed by atoms with Crippen molar-refractivity contribution in [3.05, 3.63) is 0 Å². The SMILES string of the molecule is CCCCCCCC(NCC)C(C)OC. The number of methoxy groups -OCH3 is 1. The van der Waals surface area contributed by atoms with E-state index in [1.165, 1.54) is 38.5 Å². The molecule has 0 aliphatic carbocycles. The first kappa shape index (κ1) is 14.9. The van der Waals surface area contributed by atoms with Gasteiger partial charge in [0.05, 0.1) is 6.10 Å². The van der Waals surface area contributed by atoms with Crippen molar-refractivity contribution in [2.45, 2.75) is 71.4 Å². The molecule has 0 radical (unpaired) electrons. The quantitative estimate of drug-likeness (QED) is 0.564. The summed E-state index contributed by atoms with van der Waals surface area (Å²) in [4.78, 5) is 0. The fourth-order valence-electron chi connectivity index (χ4n) is 1.90. The zero-order valence-corrected chi connectivity index (χ0v) is 11.0. The molecule has 15 heavy (non-hydrogen) atoms. The first-order chi connectivity index (χ1) is 7.26. The lowest BCUT2D eigenvalue weighted by Gasteiger charge is -2.23. The Morgan fingerprint density at radius 2 is 1.73 bits per heavy atom. The third kappa shape index (κ3) is 7.80. The van der Waals surface area contributed by atoms with Crippen molar-refractivity contribution in [2.75, 3.05) is 13.7 Å². The summed E-state index contributed by atoms with van der Waals surface area (Å²) < 4.78 is 5.38. The van der Waals surface area contributed by atoms with E-state index in [0.29, 0.717) is 12.1 Å². The van der Waals surface area contributed by atoms with E-state index >= 15 is 0 Å². The number of likely N-dealkylation sites (N-methyl/N-ethyl adjacent to an activating group) is 1. The number of unbranched alkanes of at least 4 members (excludes halogenated alkanes) is 4. The highest BCUT2D eigenvalue weighted by molar-refractivity contribution is 4.72. The minimum Gasteiger partial charge on any atom is -0.380 e. The first-order valence-electron chi connectivity index (χ1n) is 6.52. The van der Waals surface area contributed by atoms with Gasteiger partial charge in [0.25, 0.3) is 0 Å². The van der Waals surface area contributed by atoms with Gasteiger partial charge in [-0.3, -0.25) is 0 Å². The molecule has 0 bridgehead atoms. The number of nitrogens with one attached hydrogen (secondary N) is 1. The number of hydrogen-bond donors (Lipinski definition) is 1. The molecule has 0 spiro atoms. The van der Waals surface area contributed by atoms with Crippen LogP contribution in [-0.4, -0.2) is 25.8 Å². The molecule has 0 saturated heterocycles. The predicted octanol–water partition coefficient (Wildman–Crippen LogP) is 3.36. The maximum atomic E-state index is 5.38. The average molecular weight is 215 g/mol. The summed E-state index contributed by atoms with van der Waals surface area (Å²) in [6, 6.07) is 0.529. The second-order valence-electron chi connectivity index (χ2n) is 4.31. The fourth-order valence-corrected chi connectivity index (χ4v) is 1.90. The van der Waals surface area contributed by atoms with E-state index in [2.05, 4.69) is 26.1 Å². The normalized spacial score (nSPS) is 15.2. The second-order valence-corrected chi connectivity index (χ2v) is 4.31. The maximum Gasteiger partial charge on any atom is 0.0696 e. The summed E-state index contributed by atoms with van der Waals surface area (Å²) in [6.07, 6.45) is 8.36. The molecule has 0 aromatic rings. The minimum absolute atomic E-state index is 0.330. The van der Waals surface area contributed by atoms with Gasteiger partial charge in [0, 0.05) is 13.2 Å². The van der Waals surface area contributed by atoms with Crippen LogP contribution in [0.2, 0.25) is 0 Å². The lowest BCUT2D eigenvalue weighted by Crippen LogP contribution is -2.39. The Bertz CT molecular complexity index is 128. The summed E-state index contributed by atoms with van der Waals surface area (Å²) in [5.74, 6) is 0. The van der Waals surface area contributed by atoms with Crippen molar-refractivity contribution in [2.24, 2.45) is 0 Å². The number of hydrogen-bond acceptors (Lipinski definition) is 2. The maximum absolute atomic E-state index is 5.38. The van der Waals surface area contributed by atoms with Gasteiger partial charge in [-0.05, 0) is 19.9 Å². The molecule has 1 N–H and O–H groups in total. The third-order valence-corrected chi connectivity index (χ3v) is 3.02. The van der Waals surface area contributed by atoms with Crippen molar-refractivity contribution >= 4 is 0 Å². The summed E-state index contributed by atoms with van der Waals surface area (Å²) in [5, 5.41) is 3.50. The standard InChI is InChI=1S/C13H29NO/c1-5-7-8-9-10-11-13(14-6-2)12(3)15-4/h12-14H,5-11H2,1-4H3. The molecule has 0 aliphatic heterocycles. The Kier molecular flexibility index (Phi) is 10.4. The van der Waals surface area contributed by atoms with Gasteiger partial charge in [-0.1, -0.05) is 46.0 Å². The summed E-state index contributed by atoms with van der Waals surface area (Å²) in [7, 11) is 1.80. The molecule has 2 nitrogen and oxygen atoms in total. The van der Waals surface area contributed by atoms with Crippen molar-refractivity contribution in [3.8, 4) is 0 Å². The topological polar surface area (TPSA) is 21.3 Å². The Hall–Kier alpha value is -0.0800. The molecular formula is C13H29NO. The molecular weight excluding hydrogens is 186 g/mol. The lowest BCUT2D eigenvalue weighted by molar-refractivity contribution is 0.0796. The predicted molar refractivity (Wildman–Crippen MR) is 67.3 cm³/mol. The summed E-state index contributed by atoms with van der Waals surface area (Å²) in [6.45, 7) is 7.60. The van der Waals surface area contributed by atoms with Crippen LogP contribution in [0.5, 0.6) is 0 Å². The van der Waals surface area contributed by atoms with Crippen molar-refractivity contribution < 1.29 is 4.74 Å². The number of ether oxygens (including phenoxy) is 1. The molecule has 92 valence electrons. The van der Waals surface area contributed by atoms with E-state index in [0.717, 1.165) is 6.54 Å². The van der Waals surface area contributed by atoms with Crippen LogP contribution in [0, 0.1) is 0 Å². The Labute approximate surface area is 95.8 Å². The van der Waals surface area contributed by atoms with Crippen molar-refractivity contribution in [1.29, 1.82) is 0 Å². The van der Waals surface area contributed by atoms with Gasteiger partial charge in [-0.25, -0.2) is 0 Å². The Morgan fingerprint density at radius 3 is 2.27 bits per heavy atom. The van der Waals surface area contributed by atoms with Gasteiger partial charge < -0.3 is 10.1 Å². The zero-order chi connectivity index (χ0) is 11.5. The highest BCUT2D eigenvalue weighted by Crippen LogP contribution is 2.10. The van der Waals surface area contributed by atoms with E-state index in [4.69, 9.17) is 4.74 Å². The van der Waals surface area contributed by atoms with E-state index < -0.39 is 0 Å².